The summed E-state index contributed by atoms with van der Waals surface area (Å²) < 4.78 is 0. The van der Waals surface area contributed by atoms with Crippen LogP contribution >= 0.6 is 0 Å². The first kappa shape index (κ1) is 10.0. The number of aryl methyl sites for hydroxylation is 1. The molecule has 0 aromatic carbocycles. The number of nitro groups is 1. The summed E-state index contributed by atoms with van der Waals surface area (Å²) in [6.07, 6.45) is 5.18. The maximum atomic E-state index is 10.4. The monoisotopic (exact) mass is 207 g/mol. The highest BCUT2D eigenvalue weighted by molar-refractivity contribution is 5.26. The Morgan fingerprint density at radius 1 is 1.53 bits per heavy atom. The summed E-state index contributed by atoms with van der Waals surface area (Å²) >= 11 is 0. The fourth-order valence-electron chi connectivity index (χ4n) is 1.46. The Bertz CT molecular complexity index is 371. The van der Waals surface area contributed by atoms with Gasteiger partial charge >= 0.3 is 0 Å². The first-order chi connectivity index (χ1) is 7.09. The largest absolute Gasteiger partial charge is 0.325 e. The van der Waals surface area contributed by atoms with Gasteiger partial charge in [-0.15, -0.1) is 0 Å². The standard InChI is InChI=1S/C10H13N3O2/c11-10(5-6-10)4-3-8-1-2-9(7-12-8)13(14)15/h1-2,7H,3-6,11H2. The topological polar surface area (TPSA) is 82.0 Å². The van der Waals surface area contributed by atoms with E-state index in [1.54, 1.807) is 6.07 Å². The second-order valence-electron chi connectivity index (χ2n) is 4.13. The second-order valence-corrected chi connectivity index (χ2v) is 4.13. The zero-order valence-electron chi connectivity index (χ0n) is 8.35. The molecule has 0 spiro atoms. The third kappa shape index (κ3) is 2.50. The molecule has 1 aliphatic carbocycles. The highest BCUT2D eigenvalue weighted by atomic mass is 16.6. The van der Waals surface area contributed by atoms with Crippen LogP contribution in [0.5, 0.6) is 0 Å². The quantitative estimate of drug-likeness (QED) is 0.597. The molecule has 5 heteroatoms. The molecule has 2 N–H and O–H groups in total. The molecule has 0 unspecified atom stereocenters. The van der Waals surface area contributed by atoms with E-state index in [1.807, 2.05) is 0 Å². The molecule has 0 bridgehead atoms. The SMILES string of the molecule is NC1(CCc2ccc([N+](=O)[O-])cn2)CC1. The molecule has 1 fully saturated rings. The van der Waals surface area contributed by atoms with E-state index in [-0.39, 0.29) is 11.2 Å². The lowest BCUT2D eigenvalue weighted by atomic mass is 10.1. The highest BCUT2D eigenvalue weighted by Crippen LogP contribution is 2.36. The van der Waals surface area contributed by atoms with Crippen LogP contribution in [0, 0.1) is 10.1 Å². The van der Waals surface area contributed by atoms with Crippen LogP contribution in [0.2, 0.25) is 0 Å². The van der Waals surface area contributed by atoms with Crippen molar-refractivity contribution in [3.8, 4) is 0 Å². The maximum absolute atomic E-state index is 10.4. The molecule has 1 aromatic heterocycles. The van der Waals surface area contributed by atoms with Crippen molar-refractivity contribution in [2.45, 2.75) is 31.2 Å². The van der Waals surface area contributed by atoms with Crippen LogP contribution in [-0.4, -0.2) is 15.4 Å². The predicted molar refractivity (Wildman–Crippen MR) is 55.4 cm³/mol. The van der Waals surface area contributed by atoms with Gasteiger partial charge in [0, 0.05) is 17.3 Å². The predicted octanol–water partition coefficient (Wildman–Crippen LogP) is 1.41. The Morgan fingerprint density at radius 3 is 2.73 bits per heavy atom. The van der Waals surface area contributed by atoms with E-state index in [4.69, 9.17) is 5.73 Å². The fraction of sp³-hybridized carbons (Fsp3) is 0.500. The zero-order valence-corrected chi connectivity index (χ0v) is 8.35. The minimum absolute atomic E-state index is 0.0173. The first-order valence-corrected chi connectivity index (χ1v) is 4.97. The lowest BCUT2D eigenvalue weighted by Gasteiger charge is -2.06. The molecule has 0 saturated heterocycles. The van der Waals surface area contributed by atoms with Crippen molar-refractivity contribution in [1.82, 2.24) is 4.98 Å². The van der Waals surface area contributed by atoms with Gasteiger partial charge in [-0.3, -0.25) is 15.1 Å². The van der Waals surface area contributed by atoms with Crippen molar-refractivity contribution in [3.05, 3.63) is 34.1 Å². The van der Waals surface area contributed by atoms with Gasteiger partial charge in [-0.05, 0) is 31.7 Å². The van der Waals surface area contributed by atoms with Crippen molar-refractivity contribution >= 4 is 5.69 Å². The smallest absolute Gasteiger partial charge is 0.287 e. The fourth-order valence-corrected chi connectivity index (χ4v) is 1.46. The molecular formula is C10H13N3O2. The number of rotatable bonds is 4. The van der Waals surface area contributed by atoms with Gasteiger partial charge in [-0.25, -0.2) is 0 Å². The summed E-state index contributed by atoms with van der Waals surface area (Å²) in [7, 11) is 0. The van der Waals surface area contributed by atoms with Gasteiger partial charge in [0.15, 0.2) is 0 Å². The van der Waals surface area contributed by atoms with Crippen molar-refractivity contribution in [1.29, 1.82) is 0 Å². The Hall–Kier alpha value is -1.49. The first-order valence-electron chi connectivity index (χ1n) is 4.97. The lowest BCUT2D eigenvalue weighted by molar-refractivity contribution is -0.385. The summed E-state index contributed by atoms with van der Waals surface area (Å²) in [5, 5.41) is 10.4. The van der Waals surface area contributed by atoms with E-state index in [2.05, 4.69) is 4.98 Å². The van der Waals surface area contributed by atoms with Gasteiger partial charge in [-0.2, -0.15) is 0 Å². The molecule has 15 heavy (non-hydrogen) atoms. The summed E-state index contributed by atoms with van der Waals surface area (Å²) in [6, 6.07) is 3.18. The van der Waals surface area contributed by atoms with E-state index in [1.165, 1.54) is 12.3 Å². The van der Waals surface area contributed by atoms with Crippen molar-refractivity contribution in [3.63, 3.8) is 0 Å². The Morgan fingerprint density at radius 2 is 2.27 bits per heavy atom. The minimum Gasteiger partial charge on any atom is -0.325 e. The number of aromatic nitrogens is 1. The molecule has 0 atom stereocenters. The van der Waals surface area contributed by atoms with Crippen LogP contribution in [-0.2, 0) is 6.42 Å². The molecule has 0 amide bonds. The molecule has 1 saturated carbocycles. The van der Waals surface area contributed by atoms with E-state index in [0.29, 0.717) is 0 Å². The summed E-state index contributed by atoms with van der Waals surface area (Å²) in [5.74, 6) is 0. The van der Waals surface area contributed by atoms with Crippen LogP contribution < -0.4 is 5.73 Å². The van der Waals surface area contributed by atoms with Crippen molar-refractivity contribution < 1.29 is 4.92 Å². The average Bonchev–Trinajstić information content (AvgIpc) is 2.95. The van der Waals surface area contributed by atoms with Crippen LogP contribution in [0.4, 0.5) is 5.69 Å². The summed E-state index contributed by atoms with van der Waals surface area (Å²) in [5.41, 5.74) is 6.86. The molecular weight excluding hydrogens is 194 g/mol. The molecule has 5 nitrogen and oxygen atoms in total. The number of hydrogen-bond donors (Lipinski definition) is 1. The third-order valence-electron chi connectivity index (χ3n) is 2.79. The lowest BCUT2D eigenvalue weighted by Crippen LogP contribution is -2.22. The summed E-state index contributed by atoms with van der Waals surface area (Å²) in [6.45, 7) is 0. The zero-order chi connectivity index (χ0) is 10.9. The molecule has 2 rings (SSSR count). The van der Waals surface area contributed by atoms with Crippen LogP contribution in [0.3, 0.4) is 0 Å². The van der Waals surface area contributed by atoms with Gasteiger partial charge in [0.25, 0.3) is 5.69 Å². The van der Waals surface area contributed by atoms with Gasteiger partial charge in [0.2, 0.25) is 0 Å². The molecule has 1 heterocycles. The van der Waals surface area contributed by atoms with Gasteiger partial charge in [0.05, 0.1) is 4.92 Å². The van der Waals surface area contributed by atoms with E-state index in [9.17, 15) is 10.1 Å². The highest BCUT2D eigenvalue weighted by Gasteiger charge is 2.37. The normalized spacial score (nSPS) is 17.4. The van der Waals surface area contributed by atoms with E-state index < -0.39 is 4.92 Å². The van der Waals surface area contributed by atoms with Gasteiger partial charge in [-0.1, -0.05) is 0 Å². The Balaban J connectivity index is 1.95. The Kier molecular flexibility index (Phi) is 2.40. The number of nitrogens with zero attached hydrogens (tertiary/aromatic N) is 2. The van der Waals surface area contributed by atoms with Gasteiger partial charge in [0.1, 0.15) is 6.20 Å². The van der Waals surface area contributed by atoms with E-state index >= 15 is 0 Å². The molecule has 80 valence electrons. The van der Waals surface area contributed by atoms with Crippen molar-refractivity contribution in [2.75, 3.05) is 0 Å². The second kappa shape index (κ2) is 3.58. The number of nitrogens with two attached hydrogens (primary N) is 1. The number of pyridine rings is 1. The van der Waals surface area contributed by atoms with Crippen LogP contribution in [0.1, 0.15) is 25.0 Å². The molecule has 0 aliphatic heterocycles. The maximum Gasteiger partial charge on any atom is 0.287 e. The molecule has 1 aliphatic rings. The average molecular weight is 207 g/mol. The van der Waals surface area contributed by atoms with Gasteiger partial charge < -0.3 is 5.73 Å². The van der Waals surface area contributed by atoms with Crippen LogP contribution in [0.15, 0.2) is 18.3 Å². The molecule has 1 aromatic rings. The van der Waals surface area contributed by atoms with Crippen molar-refractivity contribution in [2.24, 2.45) is 5.73 Å². The Labute approximate surface area is 87.5 Å². The van der Waals surface area contributed by atoms with Crippen LogP contribution in [0.25, 0.3) is 0 Å². The molecule has 0 radical (unpaired) electrons. The van der Waals surface area contributed by atoms with E-state index in [0.717, 1.165) is 31.4 Å². The minimum atomic E-state index is -0.442. The summed E-state index contributed by atoms with van der Waals surface area (Å²) in [4.78, 5) is 14.0. The third-order valence-corrected chi connectivity index (χ3v) is 2.79. The number of hydrogen-bond acceptors (Lipinski definition) is 4.